The summed E-state index contributed by atoms with van der Waals surface area (Å²) in [5.41, 5.74) is 3.40. The highest BCUT2D eigenvalue weighted by molar-refractivity contribution is 5.80. The molecule has 0 amide bonds. The summed E-state index contributed by atoms with van der Waals surface area (Å²) in [5, 5.41) is 16.0. The van der Waals surface area contributed by atoms with Crippen LogP contribution < -0.4 is 10.6 Å². The molecule has 0 aromatic carbocycles. The number of nitrogens with one attached hydrogen (secondary N) is 2. The van der Waals surface area contributed by atoms with E-state index in [1.807, 2.05) is 23.3 Å². The van der Waals surface area contributed by atoms with Gasteiger partial charge in [-0.1, -0.05) is 6.92 Å². The van der Waals surface area contributed by atoms with E-state index in [9.17, 15) is 0 Å². The van der Waals surface area contributed by atoms with Gasteiger partial charge in [-0.25, -0.2) is 14.7 Å². The number of fused-ring (bicyclic) bond motifs is 1. The second-order valence-electron chi connectivity index (χ2n) is 6.83. The van der Waals surface area contributed by atoms with E-state index in [1.54, 1.807) is 0 Å². The molecule has 0 bridgehead atoms. The van der Waals surface area contributed by atoms with Gasteiger partial charge in [-0.3, -0.25) is 4.68 Å². The molecule has 2 aromatic heterocycles. The van der Waals surface area contributed by atoms with Crippen molar-refractivity contribution >= 4 is 5.96 Å². The van der Waals surface area contributed by atoms with Crippen LogP contribution in [0.5, 0.6) is 0 Å². The average molecular weight is 358 g/mol. The quantitative estimate of drug-likeness (QED) is 0.621. The number of hydrogen-bond acceptors (Lipinski definition) is 4. The molecule has 0 fully saturated rings. The van der Waals surface area contributed by atoms with E-state index in [2.05, 4.69) is 46.6 Å². The zero-order valence-corrected chi connectivity index (χ0v) is 16.5. The number of guanidine groups is 1. The third-order valence-corrected chi connectivity index (χ3v) is 4.96. The van der Waals surface area contributed by atoms with Crippen molar-refractivity contribution in [1.29, 1.82) is 0 Å². The molecule has 0 saturated heterocycles. The van der Waals surface area contributed by atoms with E-state index in [4.69, 9.17) is 4.99 Å². The van der Waals surface area contributed by atoms with E-state index in [0.29, 0.717) is 12.6 Å². The fourth-order valence-electron chi connectivity index (χ4n) is 3.35. The highest BCUT2D eigenvalue weighted by atomic mass is 15.4. The molecule has 0 aliphatic carbocycles. The summed E-state index contributed by atoms with van der Waals surface area (Å²) in [6, 6.07) is 0.308. The van der Waals surface area contributed by atoms with Gasteiger partial charge in [0.15, 0.2) is 11.8 Å². The van der Waals surface area contributed by atoms with Crippen LogP contribution >= 0.6 is 0 Å². The van der Waals surface area contributed by atoms with Crippen LogP contribution in [0.15, 0.2) is 4.99 Å². The Morgan fingerprint density at radius 2 is 2.08 bits per heavy atom. The van der Waals surface area contributed by atoms with Gasteiger partial charge in [0.1, 0.15) is 5.82 Å². The van der Waals surface area contributed by atoms with Crippen molar-refractivity contribution in [3.05, 3.63) is 28.6 Å². The van der Waals surface area contributed by atoms with Crippen LogP contribution in [-0.2, 0) is 33.0 Å². The molecule has 3 rings (SSSR count). The Bertz CT molecular complexity index is 785. The molecule has 3 heterocycles. The molecule has 1 aliphatic rings. The minimum Gasteiger partial charge on any atom is -0.357 e. The van der Waals surface area contributed by atoms with E-state index < -0.39 is 0 Å². The van der Waals surface area contributed by atoms with E-state index in [-0.39, 0.29) is 0 Å². The maximum atomic E-state index is 4.79. The number of hydrogen-bond donors (Lipinski definition) is 2. The Balaban J connectivity index is 1.68. The van der Waals surface area contributed by atoms with Crippen molar-refractivity contribution in [2.24, 2.45) is 12.0 Å². The normalized spacial score (nSPS) is 17.3. The minimum absolute atomic E-state index is 0.308. The SMILES string of the molecule is CCNC(=NCc1c(C)nn(C)c1C)NC1CCc2nc(CC)nn2C1. The van der Waals surface area contributed by atoms with Gasteiger partial charge in [0, 0.05) is 43.7 Å². The maximum Gasteiger partial charge on any atom is 0.191 e. The zero-order chi connectivity index (χ0) is 18.7. The number of nitrogens with zero attached hydrogens (tertiary/aromatic N) is 6. The lowest BCUT2D eigenvalue weighted by Gasteiger charge is -2.25. The summed E-state index contributed by atoms with van der Waals surface area (Å²) in [4.78, 5) is 9.37. The average Bonchev–Trinajstić information content (AvgIpc) is 3.13. The smallest absolute Gasteiger partial charge is 0.191 e. The van der Waals surface area contributed by atoms with Gasteiger partial charge in [-0.05, 0) is 27.2 Å². The number of aliphatic imine (C=N–C) groups is 1. The molecule has 2 aromatic rings. The maximum absolute atomic E-state index is 4.79. The van der Waals surface area contributed by atoms with E-state index >= 15 is 0 Å². The molecule has 0 saturated carbocycles. The third-order valence-electron chi connectivity index (χ3n) is 4.96. The molecule has 26 heavy (non-hydrogen) atoms. The summed E-state index contributed by atoms with van der Waals surface area (Å²) in [7, 11) is 1.97. The molecule has 0 radical (unpaired) electrons. The van der Waals surface area contributed by atoms with Gasteiger partial charge in [0.05, 0.1) is 18.8 Å². The van der Waals surface area contributed by atoms with Crippen molar-refractivity contribution in [2.75, 3.05) is 6.54 Å². The Hall–Kier alpha value is -2.38. The summed E-state index contributed by atoms with van der Waals surface area (Å²) in [6.07, 6.45) is 2.87. The van der Waals surface area contributed by atoms with Gasteiger partial charge in [-0.15, -0.1) is 0 Å². The lowest BCUT2D eigenvalue weighted by Crippen LogP contribution is -2.47. The van der Waals surface area contributed by atoms with Gasteiger partial charge >= 0.3 is 0 Å². The predicted octanol–water partition coefficient (Wildman–Crippen LogP) is 1.26. The van der Waals surface area contributed by atoms with Crippen LogP contribution in [0, 0.1) is 13.8 Å². The second kappa shape index (κ2) is 7.88. The van der Waals surface area contributed by atoms with Crippen LogP contribution in [0.3, 0.4) is 0 Å². The first kappa shape index (κ1) is 18.4. The first-order valence-electron chi connectivity index (χ1n) is 9.48. The molecular weight excluding hydrogens is 328 g/mol. The van der Waals surface area contributed by atoms with Crippen molar-refractivity contribution in [3.63, 3.8) is 0 Å². The highest BCUT2D eigenvalue weighted by Gasteiger charge is 2.22. The van der Waals surface area contributed by atoms with Crippen LogP contribution in [0.2, 0.25) is 0 Å². The summed E-state index contributed by atoms with van der Waals surface area (Å²) in [5.74, 6) is 2.88. The van der Waals surface area contributed by atoms with Crippen LogP contribution in [0.4, 0.5) is 0 Å². The third kappa shape index (κ3) is 3.89. The Morgan fingerprint density at radius 3 is 2.73 bits per heavy atom. The van der Waals surface area contributed by atoms with Crippen LogP contribution in [0.25, 0.3) is 0 Å². The molecule has 1 aliphatic heterocycles. The molecule has 1 atom stereocenters. The molecule has 142 valence electrons. The number of aryl methyl sites for hydroxylation is 4. The molecule has 0 spiro atoms. The molecule has 2 N–H and O–H groups in total. The minimum atomic E-state index is 0.308. The van der Waals surface area contributed by atoms with E-state index in [0.717, 1.165) is 55.7 Å². The Kier molecular flexibility index (Phi) is 5.58. The van der Waals surface area contributed by atoms with Gasteiger partial charge in [0.2, 0.25) is 0 Å². The largest absolute Gasteiger partial charge is 0.357 e. The fourth-order valence-corrected chi connectivity index (χ4v) is 3.35. The van der Waals surface area contributed by atoms with Crippen molar-refractivity contribution in [3.8, 4) is 0 Å². The van der Waals surface area contributed by atoms with Crippen molar-refractivity contribution in [2.45, 2.75) is 66.1 Å². The molecule has 1 unspecified atom stereocenters. The van der Waals surface area contributed by atoms with Gasteiger partial charge in [-0.2, -0.15) is 10.2 Å². The van der Waals surface area contributed by atoms with Gasteiger partial charge < -0.3 is 10.6 Å². The molecule has 8 nitrogen and oxygen atoms in total. The zero-order valence-electron chi connectivity index (χ0n) is 16.5. The van der Waals surface area contributed by atoms with Gasteiger partial charge in [0.25, 0.3) is 0 Å². The van der Waals surface area contributed by atoms with Crippen molar-refractivity contribution < 1.29 is 0 Å². The fraction of sp³-hybridized carbons (Fsp3) is 0.667. The summed E-state index contributed by atoms with van der Waals surface area (Å²) < 4.78 is 3.96. The Labute approximate surface area is 155 Å². The number of rotatable bonds is 5. The topological polar surface area (TPSA) is 84.9 Å². The molecular formula is C18H30N8. The standard InChI is InChI=1S/C18H30N8/c1-6-16-22-17-9-8-14(11-26(17)24-16)21-18(19-7-2)20-10-15-12(3)23-25(5)13(15)4/h14H,6-11H2,1-5H3,(H2,19,20,21). The molecule has 8 heteroatoms. The lowest BCUT2D eigenvalue weighted by molar-refractivity contribution is 0.392. The second-order valence-corrected chi connectivity index (χ2v) is 6.83. The number of aromatic nitrogens is 5. The first-order valence-corrected chi connectivity index (χ1v) is 9.48. The van der Waals surface area contributed by atoms with Crippen molar-refractivity contribution in [1.82, 2.24) is 35.2 Å². The Morgan fingerprint density at radius 1 is 1.27 bits per heavy atom. The monoisotopic (exact) mass is 358 g/mol. The first-order chi connectivity index (χ1) is 12.5. The van der Waals surface area contributed by atoms with E-state index in [1.165, 1.54) is 11.3 Å². The highest BCUT2D eigenvalue weighted by Crippen LogP contribution is 2.15. The summed E-state index contributed by atoms with van der Waals surface area (Å²) >= 11 is 0. The van der Waals surface area contributed by atoms with Crippen LogP contribution in [-0.4, -0.2) is 43.1 Å². The summed E-state index contributed by atoms with van der Waals surface area (Å²) in [6.45, 7) is 10.6. The lowest BCUT2D eigenvalue weighted by atomic mass is 10.1. The van der Waals surface area contributed by atoms with Crippen LogP contribution in [0.1, 0.15) is 48.9 Å². The predicted molar refractivity (Wildman–Crippen MR) is 102 cm³/mol.